The van der Waals surface area contributed by atoms with E-state index in [1.165, 1.54) is 4.90 Å². The second kappa shape index (κ2) is 9.89. The predicted molar refractivity (Wildman–Crippen MR) is 117 cm³/mol. The van der Waals surface area contributed by atoms with Crippen molar-refractivity contribution in [2.45, 2.75) is 26.9 Å². The Bertz CT molecular complexity index is 995. The van der Waals surface area contributed by atoms with Crippen LogP contribution < -0.4 is 25.4 Å². The lowest BCUT2D eigenvalue weighted by Gasteiger charge is -2.16. The summed E-state index contributed by atoms with van der Waals surface area (Å²) in [6, 6.07) is 13.9. The molecular formula is C22H29N6O2+. The van der Waals surface area contributed by atoms with E-state index in [0.29, 0.717) is 24.9 Å². The molecule has 0 saturated carbocycles. The minimum Gasteiger partial charge on any atom is -0.493 e. The first-order chi connectivity index (χ1) is 14.5. The molecule has 1 unspecified atom stereocenters. The van der Waals surface area contributed by atoms with E-state index < -0.39 is 0 Å². The van der Waals surface area contributed by atoms with Crippen LogP contribution >= 0.6 is 0 Å². The second-order valence-corrected chi connectivity index (χ2v) is 7.10. The Morgan fingerprint density at radius 2 is 1.83 bits per heavy atom. The molecule has 2 aromatic carbocycles. The number of nitrogens with one attached hydrogen (secondary N) is 2. The maximum atomic E-state index is 5.92. The number of methoxy groups -OCH3 is 1. The normalized spacial score (nSPS) is 11.7. The summed E-state index contributed by atoms with van der Waals surface area (Å²) >= 11 is 0. The molecule has 0 aliphatic heterocycles. The van der Waals surface area contributed by atoms with Gasteiger partial charge >= 0.3 is 0 Å². The van der Waals surface area contributed by atoms with Gasteiger partial charge in [0.2, 0.25) is 11.9 Å². The summed E-state index contributed by atoms with van der Waals surface area (Å²) < 4.78 is 11.0. The lowest BCUT2D eigenvalue weighted by atomic mass is 10.2. The molecule has 0 bridgehead atoms. The van der Waals surface area contributed by atoms with E-state index in [2.05, 4.69) is 27.3 Å². The van der Waals surface area contributed by atoms with Gasteiger partial charge in [0.15, 0.2) is 17.3 Å². The Kier molecular flexibility index (Phi) is 7.03. The molecular weight excluding hydrogens is 380 g/mol. The van der Waals surface area contributed by atoms with Crippen molar-refractivity contribution >= 4 is 17.6 Å². The average molecular weight is 410 g/mol. The van der Waals surface area contributed by atoms with Crippen LogP contribution in [0.2, 0.25) is 0 Å². The molecule has 158 valence electrons. The molecule has 0 fully saturated rings. The molecule has 8 nitrogen and oxygen atoms in total. The molecule has 1 aromatic heterocycles. The lowest BCUT2D eigenvalue weighted by Crippen LogP contribution is -3.06. The molecule has 30 heavy (non-hydrogen) atoms. The first kappa shape index (κ1) is 21.3. The van der Waals surface area contributed by atoms with Crippen molar-refractivity contribution in [2.24, 2.45) is 0 Å². The summed E-state index contributed by atoms with van der Waals surface area (Å²) in [5.74, 6) is 2.76. The molecule has 4 N–H and O–H groups in total. The van der Waals surface area contributed by atoms with Crippen LogP contribution in [0.25, 0.3) is 0 Å². The molecule has 8 heteroatoms. The minimum atomic E-state index is 0.201. The topological polar surface area (TPSA) is 99.6 Å². The monoisotopic (exact) mass is 409 g/mol. The van der Waals surface area contributed by atoms with Crippen LogP contribution in [-0.2, 0) is 13.1 Å². The first-order valence-corrected chi connectivity index (χ1v) is 9.92. The number of hydrogen-bond acceptors (Lipinski definition) is 7. The van der Waals surface area contributed by atoms with Crippen molar-refractivity contribution in [3.8, 4) is 11.5 Å². The summed E-state index contributed by atoms with van der Waals surface area (Å²) in [7, 11) is 3.73. The van der Waals surface area contributed by atoms with Crippen molar-refractivity contribution in [3.63, 3.8) is 0 Å². The van der Waals surface area contributed by atoms with Gasteiger partial charge < -0.3 is 25.4 Å². The quantitative estimate of drug-likeness (QED) is 0.498. The van der Waals surface area contributed by atoms with Gasteiger partial charge in [-0.2, -0.15) is 15.0 Å². The van der Waals surface area contributed by atoms with Gasteiger partial charge in [-0.15, -0.1) is 0 Å². The number of hydrogen-bond donors (Lipinski definition) is 3. The molecule has 3 aromatic rings. The second-order valence-electron chi connectivity index (χ2n) is 7.10. The van der Waals surface area contributed by atoms with Crippen LogP contribution in [0.15, 0.2) is 42.5 Å². The number of aryl methyl sites for hydroxylation is 1. The number of para-hydroxylation sites is 1. The summed E-state index contributed by atoms with van der Waals surface area (Å²) in [4.78, 5) is 14.3. The highest BCUT2D eigenvalue weighted by Gasteiger charge is 2.13. The standard InChI is InChI=1S/C22H28N6O2/c1-5-30-18-11-10-16(12-19(18)29-4)13-28(3)14-20-25-21(23)27-22(26-20)24-17-9-7-6-8-15(17)2/h6-12H,5,13-14H2,1-4H3,(H3,23,24,25,26,27)/p+1. The number of nitrogens with two attached hydrogens (primary N) is 1. The van der Waals surface area contributed by atoms with Crippen LogP contribution in [0, 0.1) is 6.92 Å². The van der Waals surface area contributed by atoms with Crippen molar-refractivity contribution < 1.29 is 14.4 Å². The van der Waals surface area contributed by atoms with Gasteiger partial charge in [0, 0.05) is 11.3 Å². The summed E-state index contributed by atoms with van der Waals surface area (Å²) in [5.41, 5.74) is 9.10. The molecule has 0 amide bonds. The molecule has 0 radical (unpaired) electrons. The predicted octanol–water partition coefficient (Wildman–Crippen LogP) is 2.13. The van der Waals surface area contributed by atoms with E-state index >= 15 is 0 Å². The Balaban J connectivity index is 1.70. The van der Waals surface area contributed by atoms with Gasteiger partial charge in [0.25, 0.3) is 0 Å². The highest BCUT2D eigenvalue weighted by Crippen LogP contribution is 2.27. The third-order valence-electron chi connectivity index (χ3n) is 4.58. The van der Waals surface area contributed by atoms with Crippen LogP contribution in [0.3, 0.4) is 0 Å². The van der Waals surface area contributed by atoms with Gasteiger partial charge in [0.1, 0.15) is 13.1 Å². The fraction of sp³-hybridized carbons (Fsp3) is 0.318. The van der Waals surface area contributed by atoms with E-state index in [1.807, 2.05) is 56.3 Å². The maximum Gasteiger partial charge on any atom is 0.232 e. The molecule has 3 rings (SSSR count). The zero-order valence-corrected chi connectivity index (χ0v) is 17.9. The van der Waals surface area contributed by atoms with Gasteiger partial charge in [-0.05, 0) is 43.7 Å². The van der Waals surface area contributed by atoms with E-state index in [4.69, 9.17) is 15.2 Å². The van der Waals surface area contributed by atoms with Crippen molar-refractivity contribution in [1.82, 2.24) is 15.0 Å². The van der Waals surface area contributed by atoms with E-state index in [-0.39, 0.29) is 5.95 Å². The maximum absolute atomic E-state index is 5.92. The Morgan fingerprint density at radius 1 is 1.03 bits per heavy atom. The van der Waals surface area contributed by atoms with Crippen LogP contribution in [0.1, 0.15) is 23.9 Å². The fourth-order valence-corrected chi connectivity index (χ4v) is 3.18. The molecule has 0 aliphatic carbocycles. The summed E-state index contributed by atoms with van der Waals surface area (Å²) in [6.45, 7) is 5.95. The molecule has 0 spiro atoms. The summed E-state index contributed by atoms with van der Waals surface area (Å²) in [5, 5.41) is 3.23. The van der Waals surface area contributed by atoms with E-state index in [1.54, 1.807) is 7.11 Å². The lowest BCUT2D eigenvalue weighted by molar-refractivity contribution is -0.908. The van der Waals surface area contributed by atoms with Crippen molar-refractivity contribution in [3.05, 3.63) is 59.4 Å². The van der Waals surface area contributed by atoms with Gasteiger partial charge in [0.05, 0.1) is 20.8 Å². The van der Waals surface area contributed by atoms with Crippen LogP contribution in [0.4, 0.5) is 17.6 Å². The van der Waals surface area contributed by atoms with E-state index in [9.17, 15) is 0 Å². The number of rotatable bonds is 9. The average Bonchev–Trinajstić information content (AvgIpc) is 2.70. The molecule has 1 atom stereocenters. The Labute approximate surface area is 177 Å². The Morgan fingerprint density at radius 3 is 2.57 bits per heavy atom. The SMILES string of the molecule is CCOc1ccc(C[NH+](C)Cc2nc(N)nc(Nc3ccccc3C)n2)cc1OC. The van der Waals surface area contributed by atoms with Gasteiger partial charge in [-0.1, -0.05) is 18.2 Å². The van der Waals surface area contributed by atoms with Crippen molar-refractivity contribution in [1.29, 1.82) is 0 Å². The highest BCUT2D eigenvalue weighted by molar-refractivity contribution is 5.58. The Hall–Kier alpha value is -3.39. The zero-order valence-electron chi connectivity index (χ0n) is 17.9. The number of benzene rings is 2. The molecule has 1 heterocycles. The number of nitrogen functional groups attached to an aromatic ring is 1. The number of aromatic nitrogens is 3. The largest absolute Gasteiger partial charge is 0.493 e. The molecule has 0 aliphatic rings. The summed E-state index contributed by atoms with van der Waals surface area (Å²) in [6.07, 6.45) is 0. The number of quaternary nitrogens is 1. The third kappa shape index (κ3) is 5.57. The fourth-order valence-electron chi connectivity index (χ4n) is 3.18. The number of ether oxygens (including phenoxy) is 2. The van der Waals surface area contributed by atoms with Gasteiger partial charge in [-0.25, -0.2) is 0 Å². The van der Waals surface area contributed by atoms with Crippen LogP contribution in [-0.4, -0.2) is 35.7 Å². The molecule has 0 saturated heterocycles. The van der Waals surface area contributed by atoms with Crippen LogP contribution in [0.5, 0.6) is 11.5 Å². The number of anilines is 3. The zero-order chi connectivity index (χ0) is 21.5. The van der Waals surface area contributed by atoms with E-state index in [0.717, 1.165) is 34.9 Å². The minimum absolute atomic E-state index is 0.201. The number of nitrogens with zero attached hydrogens (tertiary/aromatic N) is 3. The first-order valence-electron chi connectivity index (χ1n) is 9.92. The van der Waals surface area contributed by atoms with Crippen molar-refractivity contribution in [2.75, 3.05) is 31.8 Å². The third-order valence-corrected chi connectivity index (χ3v) is 4.58. The highest BCUT2D eigenvalue weighted by atomic mass is 16.5. The van der Waals surface area contributed by atoms with Gasteiger partial charge in [-0.3, -0.25) is 0 Å². The smallest absolute Gasteiger partial charge is 0.232 e.